The third-order valence-corrected chi connectivity index (χ3v) is 3.86. The third kappa shape index (κ3) is 4.12. The van der Waals surface area contributed by atoms with Crippen molar-refractivity contribution in [3.63, 3.8) is 0 Å². The Kier molecular flexibility index (Phi) is 5.23. The highest BCUT2D eigenvalue weighted by Gasteiger charge is 2.03. The molecular weight excluding hydrogens is 264 g/mol. The highest BCUT2D eigenvalue weighted by atomic mass is 32.2. The van der Waals surface area contributed by atoms with Gasteiger partial charge in [0.15, 0.2) is 0 Å². The fourth-order valence-corrected chi connectivity index (χ4v) is 2.56. The summed E-state index contributed by atoms with van der Waals surface area (Å²) in [6.07, 6.45) is 2.09. The Balaban J connectivity index is 1.97. The summed E-state index contributed by atoms with van der Waals surface area (Å²) in [6, 6.07) is 18.6. The average molecular weight is 282 g/mol. The summed E-state index contributed by atoms with van der Waals surface area (Å²) >= 11 is 1.76. The Labute approximate surface area is 125 Å². The first-order valence-corrected chi connectivity index (χ1v) is 7.74. The van der Waals surface area contributed by atoms with Crippen molar-refractivity contribution in [3.8, 4) is 6.07 Å². The second-order valence-corrected chi connectivity index (χ2v) is 5.71. The van der Waals surface area contributed by atoms with Crippen LogP contribution in [0.25, 0.3) is 0 Å². The van der Waals surface area contributed by atoms with Gasteiger partial charge in [-0.15, -0.1) is 11.8 Å². The normalized spacial score (nSPS) is 10.5. The predicted octanol–water partition coefficient (Wildman–Crippen LogP) is 3.91. The van der Waals surface area contributed by atoms with Crippen molar-refractivity contribution in [1.29, 1.82) is 5.26 Å². The lowest BCUT2D eigenvalue weighted by atomic mass is 10.1. The molecule has 0 atom stereocenters. The standard InChI is InChI=1S/C17H18N2S/c1-19(12-14-6-8-17(20-2)9-7-14)13-16-5-3-4-15(10-16)11-18/h3-10H,12-13H2,1-2H3. The average Bonchev–Trinajstić information content (AvgIpc) is 2.48. The molecule has 0 heterocycles. The number of hydrogen-bond acceptors (Lipinski definition) is 3. The molecule has 0 aliphatic heterocycles. The van der Waals surface area contributed by atoms with Crippen LogP contribution in [0.3, 0.4) is 0 Å². The maximum Gasteiger partial charge on any atom is 0.0991 e. The van der Waals surface area contributed by atoms with Crippen LogP contribution in [0.4, 0.5) is 0 Å². The van der Waals surface area contributed by atoms with Gasteiger partial charge in [-0.2, -0.15) is 5.26 Å². The van der Waals surface area contributed by atoms with E-state index in [9.17, 15) is 0 Å². The maximum absolute atomic E-state index is 8.92. The van der Waals surface area contributed by atoms with Gasteiger partial charge in [0.2, 0.25) is 0 Å². The van der Waals surface area contributed by atoms with Gasteiger partial charge in [-0.05, 0) is 48.7 Å². The fourth-order valence-electron chi connectivity index (χ4n) is 2.15. The second-order valence-electron chi connectivity index (χ2n) is 4.83. The van der Waals surface area contributed by atoms with Crippen molar-refractivity contribution in [2.24, 2.45) is 0 Å². The van der Waals surface area contributed by atoms with Gasteiger partial charge in [0.1, 0.15) is 0 Å². The molecule has 0 amide bonds. The van der Waals surface area contributed by atoms with Gasteiger partial charge >= 0.3 is 0 Å². The number of rotatable bonds is 5. The van der Waals surface area contributed by atoms with Crippen LogP contribution in [-0.2, 0) is 13.1 Å². The highest BCUT2D eigenvalue weighted by molar-refractivity contribution is 7.98. The van der Waals surface area contributed by atoms with E-state index in [1.807, 2.05) is 18.2 Å². The zero-order valence-corrected chi connectivity index (χ0v) is 12.7. The first-order valence-electron chi connectivity index (χ1n) is 6.52. The Morgan fingerprint density at radius 3 is 2.40 bits per heavy atom. The molecule has 0 N–H and O–H groups in total. The smallest absolute Gasteiger partial charge is 0.0991 e. The topological polar surface area (TPSA) is 27.0 Å². The van der Waals surface area contributed by atoms with Crippen molar-refractivity contribution < 1.29 is 0 Å². The molecule has 2 nitrogen and oxygen atoms in total. The lowest BCUT2D eigenvalue weighted by molar-refractivity contribution is 0.319. The van der Waals surface area contributed by atoms with Gasteiger partial charge < -0.3 is 0 Å². The van der Waals surface area contributed by atoms with Crippen LogP contribution in [0.1, 0.15) is 16.7 Å². The van der Waals surface area contributed by atoms with Crippen LogP contribution < -0.4 is 0 Å². The maximum atomic E-state index is 8.92. The molecule has 0 bridgehead atoms. The van der Waals surface area contributed by atoms with Gasteiger partial charge in [-0.3, -0.25) is 4.90 Å². The summed E-state index contributed by atoms with van der Waals surface area (Å²) in [5, 5.41) is 8.92. The molecule has 0 spiro atoms. The Morgan fingerprint density at radius 2 is 1.75 bits per heavy atom. The molecule has 0 saturated heterocycles. The molecule has 0 aliphatic rings. The number of thioether (sulfide) groups is 1. The number of nitrogens with zero attached hydrogens (tertiary/aromatic N) is 2. The van der Waals surface area contributed by atoms with Crippen molar-refractivity contribution in [2.45, 2.75) is 18.0 Å². The number of hydrogen-bond donors (Lipinski definition) is 0. The van der Waals surface area contributed by atoms with Crippen molar-refractivity contribution in [2.75, 3.05) is 13.3 Å². The molecule has 2 aromatic carbocycles. The Hall–Kier alpha value is -1.76. The van der Waals surface area contributed by atoms with Gasteiger partial charge in [0.25, 0.3) is 0 Å². The lowest BCUT2D eigenvalue weighted by Crippen LogP contribution is -2.17. The largest absolute Gasteiger partial charge is 0.298 e. The van der Waals surface area contributed by atoms with Crippen LogP contribution in [-0.4, -0.2) is 18.2 Å². The van der Waals surface area contributed by atoms with Crippen molar-refractivity contribution in [1.82, 2.24) is 4.90 Å². The lowest BCUT2D eigenvalue weighted by Gasteiger charge is -2.17. The molecule has 0 aromatic heterocycles. The molecule has 0 saturated carbocycles. The summed E-state index contributed by atoms with van der Waals surface area (Å²) in [4.78, 5) is 3.54. The Morgan fingerprint density at radius 1 is 1.05 bits per heavy atom. The first kappa shape index (κ1) is 14.6. The van der Waals surface area contributed by atoms with E-state index in [1.54, 1.807) is 11.8 Å². The minimum atomic E-state index is 0.722. The monoisotopic (exact) mass is 282 g/mol. The molecule has 2 aromatic rings. The number of benzene rings is 2. The molecule has 0 aliphatic carbocycles. The summed E-state index contributed by atoms with van der Waals surface area (Å²) in [7, 11) is 2.10. The van der Waals surface area contributed by atoms with Crippen LogP contribution in [0.2, 0.25) is 0 Å². The quantitative estimate of drug-likeness (QED) is 0.778. The first-order chi connectivity index (χ1) is 9.71. The molecule has 0 radical (unpaired) electrons. The summed E-state index contributed by atoms with van der Waals surface area (Å²) in [6.45, 7) is 1.76. The van der Waals surface area contributed by atoms with Crippen LogP contribution >= 0.6 is 11.8 Å². The molecule has 2 rings (SSSR count). The molecule has 20 heavy (non-hydrogen) atoms. The van der Waals surface area contributed by atoms with E-state index in [0.29, 0.717) is 0 Å². The van der Waals surface area contributed by atoms with E-state index in [2.05, 4.69) is 54.6 Å². The highest BCUT2D eigenvalue weighted by Crippen LogP contribution is 2.16. The van der Waals surface area contributed by atoms with Crippen LogP contribution in [0.5, 0.6) is 0 Å². The fraction of sp³-hybridized carbons (Fsp3) is 0.235. The molecule has 3 heteroatoms. The summed E-state index contributed by atoms with van der Waals surface area (Å²) < 4.78 is 0. The van der Waals surface area contributed by atoms with Gasteiger partial charge in [0.05, 0.1) is 11.6 Å². The Bertz CT molecular complexity index is 599. The van der Waals surface area contributed by atoms with E-state index in [1.165, 1.54) is 16.0 Å². The zero-order valence-electron chi connectivity index (χ0n) is 11.8. The summed E-state index contributed by atoms with van der Waals surface area (Å²) in [5.74, 6) is 0. The van der Waals surface area contributed by atoms with E-state index in [0.717, 1.165) is 18.7 Å². The van der Waals surface area contributed by atoms with E-state index in [-0.39, 0.29) is 0 Å². The van der Waals surface area contributed by atoms with E-state index >= 15 is 0 Å². The molecule has 0 unspecified atom stereocenters. The minimum Gasteiger partial charge on any atom is -0.298 e. The van der Waals surface area contributed by atoms with E-state index < -0.39 is 0 Å². The minimum absolute atomic E-state index is 0.722. The van der Waals surface area contributed by atoms with Crippen LogP contribution in [0.15, 0.2) is 53.4 Å². The zero-order chi connectivity index (χ0) is 14.4. The molecule has 0 fully saturated rings. The van der Waals surface area contributed by atoms with Gasteiger partial charge in [-0.25, -0.2) is 0 Å². The second kappa shape index (κ2) is 7.14. The van der Waals surface area contributed by atoms with Gasteiger partial charge in [0, 0.05) is 18.0 Å². The van der Waals surface area contributed by atoms with Gasteiger partial charge in [-0.1, -0.05) is 24.3 Å². The van der Waals surface area contributed by atoms with Crippen molar-refractivity contribution >= 4 is 11.8 Å². The van der Waals surface area contributed by atoms with Crippen molar-refractivity contribution in [3.05, 3.63) is 65.2 Å². The van der Waals surface area contributed by atoms with E-state index in [4.69, 9.17) is 5.26 Å². The van der Waals surface area contributed by atoms with Crippen LogP contribution in [0, 0.1) is 11.3 Å². The molecule has 102 valence electrons. The number of nitriles is 1. The SMILES string of the molecule is CSc1ccc(CN(C)Cc2cccc(C#N)c2)cc1. The summed E-state index contributed by atoms with van der Waals surface area (Å²) in [5.41, 5.74) is 3.20. The molecular formula is C17H18N2S. The third-order valence-electron chi connectivity index (χ3n) is 3.12. The predicted molar refractivity (Wildman–Crippen MR) is 84.6 cm³/mol.